The van der Waals surface area contributed by atoms with E-state index < -0.39 is 0 Å². The largest absolute Gasteiger partial charge is 0.377 e. The molecule has 0 aliphatic heterocycles. The smallest absolute Gasteiger partial charge is 0.0735 e. The highest BCUT2D eigenvalue weighted by Crippen LogP contribution is 2.30. The first kappa shape index (κ1) is 12.5. The maximum atomic E-state index is 9.02. The zero-order valence-electron chi connectivity index (χ0n) is 10.0. The van der Waals surface area contributed by atoms with E-state index in [0.29, 0.717) is 0 Å². The van der Waals surface area contributed by atoms with E-state index in [0.717, 1.165) is 31.8 Å². The molecule has 0 aromatic carbocycles. The van der Waals surface area contributed by atoms with Gasteiger partial charge >= 0.3 is 0 Å². The maximum absolute atomic E-state index is 9.02. The molecular weight excluding hydrogens is 186 g/mol. The first-order valence-electron chi connectivity index (χ1n) is 6.29. The standard InChI is InChI=1S/C13H23NO/c1-3-4-5-8-15-13-9-11(2)6-7-12(13)10-14/h11-13H,3-9H2,1-2H3. The Balaban J connectivity index is 2.26. The minimum atomic E-state index is 0.142. The number of hydrogen-bond donors (Lipinski definition) is 0. The van der Waals surface area contributed by atoms with Crippen molar-refractivity contribution in [2.24, 2.45) is 11.8 Å². The molecule has 1 rings (SSSR count). The summed E-state index contributed by atoms with van der Waals surface area (Å²) in [7, 11) is 0. The summed E-state index contributed by atoms with van der Waals surface area (Å²) in [6, 6.07) is 2.39. The number of rotatable bonds is 5. The molecule has 0 amide bonds. The zero-order chi connectivity index (χ0) is 11.1. The molecule has 0 N–H and O–H groups in total. The molecule has 0 saturated heterocycles. The van der Waals surface area contributed by atoms with Crippen LogP contribution < -0.4 is 0 Å². The number of nitrogens with zero attached hydrogens (tertiary/aromatic N) is 1. The molecular formula is C13H23NO. The molecule has 0 aromatic heterocycles. The molecule has 86 valence electrons. The second-order valence-electron chi connectivity index (χ2n) is 4.77. The average Bonchev–Trinajstić information content (AvgIpc) is 2.25. The third kappa shape index (κ3) is 4.22. The molecule has 0 spiro atoms. The van der Waals surface area contributed by atoms with Crippen molar-refractivity contribution < 1.29 is 4.74 Å². The Morgan fingerprint density at radius 1 is 1.33 bits per heavy atom. The molecule has 3 unspecified atom stereocenters. The summed E-state index contributed by atoms with van der Waals surface area (Å²) in [6.07, 6.45) is 7.09. The third-order valence-electron chi connectivity index (χ3n) is 3.30. The molecule has 0 radical (unpaired) electrons. The van der Waals surface area contributed by atoms with E-state index in [1.165, 1.54) is 19.3 Å². The van der Waals surface area contributed by atoms with Crippen molar-refractivity contribution in [1.29, 1.82) is 5.26 Å². The van der Waals surface area contributed by atoms with Gasteiger partial charge in [-0.1, -0.05) is 26.7 Å². The summed E-state index contributed by atoms with van der Waals surface area (Å²) in [4.78, 5) is 0. The van der Waals surface area contributed by atoms with Gasteiger partial charge < -0.3 is 4.74 Å². The summed E-state index contributed by atoms with van der Waals surface area (Å²) >= 11 is 0. The van der Waals surface area contributed by atoms with E-state index in [-0.39, 0.29) is 12.0 Å². The van der Waals surface area contributed by atoms with E-state index >= 15 is 0 Å². The fourth-order valence-corrected chi connectivity index (χ4v) is 2.25. The number of ether oxygens (including phenoxy) is 1. The molecule has 1 saturated carbocycles. The van der Waals surface area contributed by atoms with Gasteiger partial charge in [0.1, 0.15) is 0 Å². The lowest BCUT2D eigenvalue weighted by Gasteiger charge is -2.30. The van der Waals surface area contributed by atoms with E-state index in [1.807, 2.05) is 0 Å². The first-order chi connectivity index (χ1) is 7.27. The minimum Gasteiger partial charge on any atom is -0.377 e. The van der Waals surface area contributed by atoms with Crippen LogP contribution in [-0.2, 0) is 4.74 Å². The topological polar surface area (TPSA) is 33.0 Å². The van der Waals surface area contributed by atoms with Gasteiger partial charge in [0, 0.05) is 6.61 Å². The molecule has 3 atom stereocenters. The van der Waals surface area contributed by atoms with Crippen LogP contribution in [0.2, 0.25) is 0 Å². The van der Waals surface area contributed by atoms with E-state index in [1.54, 1.807) is 0 Å². The second kappa shape index (κ2) is 6.85. The van der Waals surface area contributed by atoms with Crippen molar-refractivity contribution in [1.82, 2.24) is 0 Å². The number of unbranched alkanes of at least 4 members (excludes halogenated alkanes) is 2. The fourth-order valence-electron chi connectivity index (χ4n) is 2.25. The van der Waals surface area contributed by atoms with Gasteiger partial charge in [-0.15, -0.1) is 0 Å². The predicted octanol–water partition coefficient (Wildman–Crippen LogP) is 3.52. The highest BCUT2D eigenvalue weighted by atomic mass is 16.5. The van der Waals surface area contributed by atoms with Gasteiger partial charge in [-0.2, -0.15) is 5.26 Å². The minimum absolute atomic E-state index is 0.142. The predicted molar refractivity (Wildman–Crippen MR) is 61.4 cm³/mol. The molecule has 1 aliphatic carbocycles. The van der Waals surface area contributed by atoms with Crippen LogP contribution in [0.15, 0.2) is 0 Å². The molecule has 0 bridgehead atoms. The van der Waals surface area contributed by atoms with Crippen molar-refractivity contribution >= 4 is 0 Å². The lowest BCUT2D eigenvalue weighted by atomic mass is 9.81. The Morgan fingerprint density at radius 3 is 2.80 bits per heavy atom. The van der Waals surface area contributed by atoms with Crippen LogP contribution in [0.25, 0.3) is 0 Å². The highest BCUT2D eigenvalue weighted by molar-refractivity contribution is 4.93. The van der Waals surface area contributed by atoms with Gasteiger partial charge in [0.15, 0.2) is 0 Å². The average molecular weight is 209 g/mol. The Kier molecular flexibility index (Phi) is 5.71. The lowest BCUT2D eigenvalue weighted by Crippen LogP contribution is -2.30. The van der Waals surface area contributed by atoms with Gasteiger partial charge in [-0.05, 0) is 31.6 Å². The summed E-state index contributed by atoms with van der Waals surface area (Å²) in [5.41, 5.74) is 0. The summed E-state index contributed by atoms with van der Waals surface area (Å²) < 4.78 is 5.84. The molecule has 0 heterocycles. The number of hydrogen-bond acceptors (Lipinski definition) is 2. The molecule has 15 heavy (non-hydrogen) atoms. The SMILES string of the molecule is CCCCCOC1CC(C)CCC1C#N. The molecule has 1 fully saturated rings. The summed E-state index contributed by atoms with van der Waals surface area (Å²) in [5.74, 6) is 0.869. The Bertz CT molecular complexity index is 209. The van der Waals surface area contributed by atoms with Crippen LogP contribution in [0, 0.1) is 23.2 Å². The van der Waals surface area contributed by atoms with Gasteiger partial charge in [-0.25, -0.2) is 0 Å². The highest BCUT2D eigenvalue weighted by Gasteiger charge is 2.28. The quantitative estimate of drug-likeness (QED) is 0.649. The van der Waals surface area contributed by atoms with Gasteiger partial charge in [-0.3, -0.25) is 0 Å². The molecule has 0 aromatic rings. The molecule has 2 heteroatoms. The molecule has 1 aliphatic rings. The van der Waals surface area contributed by atoms with Crippen molar-refractivity contribution in [3.8, 4) is 6.07 Å². The first-order valence-corrected chi connectivity index (χ1v) is 6.29. The lowest BCUT2D eigenvalue weighted by molar-refractivity contribution is -0.00850. The summed E-state index contributed by atoms with van der Waals surface area (Å²) in [5, 5.41) is 9.02. The number of nitriles is 1. The third-order valence-corrected chi connectivity index (χ3v) is 3.30. The van der Waals surface area contributed by atoms with Crippen LogP contribution >= 0.6 is 0 Å². The second-order valence-corrected chi connectivity index (χ2v) is 4.77. The maximum Gasteiger partial charge on any atom is 0.0735 e. The van der Waals surface area contributed by atoms with Crippen LogP contribution in [0.5, 0.6) is 0 Å². The van der Waals surface area contributed by atoms with E-state index in [9.17, 15) is 0 Å². The van der Waals surface area contributed by atoms with Crippen LogP contribution in [0.3, 0.4) is 0 Å². The Morgan fingerprint density at radius 2 is 2.13 bits per heavy atom. The Labute approximate surface area is 93.6 Å². The van der Waals surface area contributed by atoms with E-state index in [2.05, 4.69) is 19.9 Å². The molecule has 2 nitrogen and oxygen atoms in total. The van der Waals surface area contributed by atoms with Crippen molar-refractivity contribution in [3.63, 3.8) is 0 Å². The van der Waals surface area contributed by atoms with Crippen molar-refractivity contribution in [2.75, 3.05) is 6.61 Å². The van der Waals surface area contributed by atoms with Gasteiger partial charge in [0.2, 0.25) is 0 Å². The van der Waals surface area contributed by atoms with E-state index in [4.69, 9.17) is 10.00 Å². The van der Waals surface area contributed by atoms with Gasteiger partial charge in [0.25, 0.3) is 0 Å². The van der Waals surface area contributed by atoms with Crippen molar-refractivity contribution in [3.05, 3.63) is 0 Å². The van der Waals surface area contributed by atoms with Crippen LogP contribution in [-0.4, -0.2) is 12.7 Å². The van der Waals surface area contributed by atoms with Gasteiger partial charge in [0.05, 0.1) is 18.1 Å². The van der Waals surface area contributed by atoms with Crippen molar-refractivity contribution in [2.45, 2.75) is 58.5 Å². The normalized spacial score (nSPS) is 31.1. The van der Waals surface area contributed by atoms with Crippen LogP contribution in [0.4, 0.5) is 0 Å². The fraction of sp³-hybridized carbons (Fsp3) is 0.923. The summed E-state index contributed by atoms with van der Waals surface area (Å²) in [6.45, 7) is 5.29. The zero-order valence-corrected chi connectivity index (χ0v) is 10.0. The van der Waals surface area contributed by atoms with Crippen LogP contribution in [0.1, 0.15) is 52.4 Å². The monoisotopic (exact) mass is 209 g/mol. The Hall–Kier alpha value is -0.550.